The maximum atomic E-state index is 12.9. The van der Waals surface area contributed by atoms with Gasteiger partial charge in [-0.25, -0.2) is 0 Å². The first kappa shape index (κ1) is 22.0. The smallest absolute Gasteiger partial charge is 0.355 e. The molecule has 4 rings (SSSR count). The van der Waals surface area contributed by atoms with Crippen LogP contribution in [0.25, 0.3) is 22.1 Å². The van der Waals surface area contributed by atoms with Crippen LogP contribution in [0.1, 0.15) is 0 Å². The molecule has 1 aromatic heterocycles. The second-order valence-electron chi connectivity index (χ2n) is 7.34. The van der Waals surface area contributed by atoms with E-state index < -0.39 is 48.2 Å². The van der Waals surface area contributed by atoms with Crippen molar-refractivity contribution in [2.45, 2.75) is 30.4 Å². The highest BCUT2D eigenvalue weighted by Crippen LogP contribution is 2.35. The summed E-state index contributed by atoms with van der Waals surface area (Å²) in [4.78, 5) is 12.9. The molecule has 170 valence electrons. The number of benzene rings is 2. The molecule has 11 heteroatoms. The molecule has 7 N–H and O–H groups in total. The Balaban J connectivity index is 1.72. The van der Waals surface area contributed by atoms with Crippen LogP contribution in [-0.2, 0) is 4.74 Å². The predicted molar refractivity (Wildman–Crippen MR) is 107 cm³/mol. The Morgan fingerprint density at radius 3 is 2.38 bits per heavy atom. The van der Waals surface area contributed by atoms with Crippen molar-refractivity contribution in [3.05, 3.63) is 52.9 Å². The topological polar surface area (TPSA) is 190 Å². The minimum absolute atomic E-state index is 0.00897. The fourth-order valence-corrected chi connectivity index (χ4v) is 3.48. The third-order valence-corrected chi connectivity index (χ3v) is 5.20. The first-order valence-electron chi connectivity index (χ1n) is 9.47. The molecule has 0 saturated carbocycles. The van der Waals surface area contributed by atoms with E-state index in [9.17, 15) is 40.5 Å². The highest BCUT2D eigenvalue weighted by atomic mass is 16.8. The maximum Gasteiger partial charge on any atom is 0.355 e. The van der Waals surface area contributed by atoms with E-state index in [1.54, 1.807) is 0 Å². The molecule has 32 heavy (non-hydrogen) atoms. The van der Waals surface area contributed by atoms with Crippen LogP contribution in [0.2, 0.25) is 0 Å². The first-order valence-corrected chi connectivity index (χ1v) is 9.47. The Kier molecular flexibility index (Phi) is 5.54. The highest BCUT2D eigenvalue weighted by molar-refractivity contribution is 5.88. The van der Waals surface area contributed by atoms with E-state index in [-0.39, 0.29) is 28.0 Å². The Bertz CT molecular complexity index is 1190. The number of hydrogen-bond acceptors (Lipinski definition) is 11. The van der Waals surface area contributed by atoms with Gasteiger partial charge >= 0.3 is 5.97 Å². The van der Waals surface area contributed by atoms with E-state index in [4.69, 9.17) is 13.9 Å². The van der Waals surface area contributed by atoms with Crippen LogP contribution in [0.15, 0.2) is 51.9 Å². The van der Waals surface area contributed by atoms with E-state index in [0.717, 1.165) is 18.4 Å². The minimum atomic E-state index is -2.89. The predicted octanol–water partition coefficient (Wildman–Crippen LogP) is -0.630. The SMILES string of the molecule is O=c1c(-c2ccc(O)cc2)coc2cc(OC3(O)OC(CO)C(O)C(O)C3O)cc(O)c12. The summed E-state index contributed by atoms with van der Waals surface area (Å²) < 4.78 is 15.7. The van der Waals surface area contributed by atoms with Crippen LogP contribution in [0, 0.1) is 0 Å². The summed E-state index contributed by atoms with van der Waals surface area (Å²) in [5.41, 5.74) is -0.143. The number of ether oxygens (including phenoxy) is 2. The minimum Gasteiger partial charge on any atom is -0.508 e. The van der Waals surface area contributed by atoms with Gasteiger partial charge in [0.25, 0.3) is 0 Å². The lowest BCUT2D eigenvalue weighted by atomic mass is 9.98. The Morgan fingerprint density at radius 1 is 1.03 bits per heavy atom. The third kappa shape index (κ3) is 3.66. The molecule has 0 radical (unpaired) electrons. The second kappa shape index (κ2) is 8.06. The van der Waals surface area contributed by atoms with Gasteiger partial charge in [-0.1, -0.05) is 12.1 Å². The van der Waals surface area contributed by atoms with E-state index >= 15 is 0 Å². The normalized spacial score (nSPS) is 28.0. The average molecular weight is 448 g/mol. The number of phenols is 2. The number of fused-ring (bicyclic) bond motifs is 1. The molecule has 0 amide bonds. The van der Waals surface area contributed by atoms with Gasteiger partial charge < -0.3 is 49.6 Å². The lowest BCUT2D eigenvalue weighted by Crippen LogP contribution is -2.67. The highest BCUT2D eigenvalue weighted by Gasteiger charge is 2.55. The number of aliphatic hydroxyl groups excluding tert-OH is 4. The largest absolute Gasteiger partial charge is 0.508 e. The number of aromatic hydroxyl groups is 2. The van der Waals surface area contributed by atoms with Crippen molar-refractivity contribution in [3.63, 3.8) is 0 Å². The zero-order valence-electron chi connectivity index (χ0n) is 16.3. The average Bonchev–Trinajstić information content (AvgIpc) is 2.76. The van der Waals surface area contributed by atoms with Crippen molar-refractivity contribution in [2.24, 2.45) is 0 Å². The summed E-state index contributed by atoms with van der Waals surface area (Å²) in [6.45, 7) is -0.797. The van der Waals surface area contributed by atoms with E-state index in [1.165, 1.54) is 24.3 Å². The Morgan fingerprint density at radius 2 is 1.72 bits per heavy atom. The van der Waals surface area contributed by atoms with Crippen molar-refractivity contribution in [3.8, 4) is 28.4 Å². The molecule has 1 aliphatic rings. The van der Waals surface area contributed by atoms with Crippen LogP contribution < -0.4 is 10.2 Å². The molecule has 1 fully saturated rings. The van der Waals surface area contributed by atoms with Crippen molar-refractivity contribution < 1.29 is 49.6 Å². The summed E-state index contributed by atoms with van der Waals surface area (Å²) in [7, 11) is 0. The standard InChI is InChI=1S/C21H20O11/c22-7-15-18(26)19(27)20(28)21(29,32-15)31-11-5-13(24)16-14(6-11)30-8-12(17(16)25)9-1-3-10(23)4-2-9/h1-6,8,15,18-20,22-24,26-29H,7H2. The van der Waals surface area contributed by atoms with Crippen LogP contribution in [0.3, 0.4) is 0 Å². The van der Waals surface area contributed by atoms with Crippen molar-refractivity contribution in [1.82, 2.24) is 0 Å². The third-order valence-electron chi connectivity index (χ3n) is 5.20. The number of aliphatic hydroxyl groups is 5. The van der Waals surface area contributed by atoms with Crippen LogP contribution in [0.4, 0.5) is 0 Å². The van der Waals surface area contributed by atoms with Gasteiger partial charge in [0.1, 0.15) is 52.8 Å². The first-order chi connectivity index (χ1) is 15.1. The van der Waals surface area contributed by atoms with Crippen LogP contribution in [-0.4, -0.2) is 72.7 Å². The lowest BCUT2D eigenvalue weighted by Gasteiger charge is -2.44. The summed E-state index contributed by atoms with van der Waals surface area (Å²) in [6, 6.07) is 7.86. The quantitative estimate of drug-likeness (QED) is 0.252. The second-order valence-corrected chi connectivity index (χ2v) is 7.34. The molecule has 0 bridgehead atoms. The maximum absolute atomic E-state index is 12.9. The monoisotopic (exact) mass is 448 g/mol. The summed E-state index contributed by atoms with van der Waals surface area (Å²) in [5.74, 6) is -3.76. The van der Waals surface area contributed by atoms with Gasteiger partial charge in [-0.3, -0.25) is 4.79 Å². The van der Waals surface area contributed by atoms with Crippen LogP contribution >= 0.6 is 0 Å². The van der Waals surface area contributed by atoms with Crippen LogP contribution in [0.5, 0.6) is 17.2 Å². The number of phenolic OH excluding ortho intramolecular Hbond substituents is 2. The van der Waals surface area contributed by atoms with Crippen molar-refractivity contribution in [2.75, 3.05) is 6.61 Å². The summed E-state index contributed by atoms with van der Waals surface area (Å²) >= 11 is 0. The van der Waals surface area contributed by atoms with Gasteiger partial charge in [-0.15, -0.1) is 0 Å². The van der Waals surface area contributed by atoms with E-state index in [0.29, 0.717) is 5.56 Å². The molecular weight excluding hydrogens is 428 g/mol. The Hall–Kier alpha value is -3.19. The molecule has 1 aliphatic heterocycles. The van der Waals surface area contributed by atoms with Gasteiger partial charge in [0, 0.05) is 12.1 Å². The van der Waals surface area contributed by atoms with Gasteiger partial charge in [-0.2, -0.15) is 0 Å². The molecule has 0 spiro atoms. The molecule has 1 saturated heterocycles. The molecule has 3 aromatic rings. The Labute approximate surface area is 179 Å². The van der Waals surface area contributed by atoms with E-state index in [1.807, 2.05) is 0 Å². The fraction of sp³-hybridized carbons (Fsp3) is 0.286. The molecule has 0 aliphatic carbocycles. The summed E-state index contributed by atoms with van der Waals surface area (Å²) in [6.07, 6.45) is -6.07. The molecule has 11 nitrogen and oxygen atoms in total. The number of rotatable bonds is 4. The molecule has 2 aromatic carbocycles. The molecule has 5 unspecified atom stereocenters. The van der Waals surface area contributed by atoms with Crippen molar-refractivity contribution in [1.29, 1.82) is 0 Å². The van der Waals surface area contributed by atoms with Gasteiger partial charge in [0.2, 0.25) is 5.43 Å². The zero-order chi connectivity index (χ0) is 23.2. The van der Waals surface area contributed by atoms with E-state index in [2.05, 4.69) is 0 Å². The molecule has 2 heterocycles. The van der Waals surface area contributed by atoms with Gasteiger partial charge in [0.15, 0.2) is 6.10 Å². The van der Waals surface area contributed by atoms with Crippen molar-refractivity contribution >= 4 is 11.0 Å². The zero-order valence-corrected chi connectivity index (χ0v) is 16.3. The summed E-state index contributed by atoms with van der Waals surface area (Å²) in [5, 5.41) is 69.3. The number of hydrogen-bond donors (Lipinski definition) is 7. The lowest BCUT2D eigenvalue weighted by molar-refractivity contribution is -0.422. The fourth-order valence-electron chi connectivity index (χ4n) is 3.48. The van der Waals surface area contributed by atoms with Gasteiger partial charge in [0.05, 0.1) is 12.2 Å². The molecular formula is C21H20O11. The molecule has 5 atom stereocenters. The van der Waals surface area contributed by atoms with Gasteiger partial charge in [-0.05, 0) is 17.7 Å².